The molecule has 0 radical (unpaired) electrons. The van der Waals surface area contributed by atoms with E-state index in [-0.39, 0.29) is 10.2 Å². The van der Waals surface area contributed by atoms with Crippen molar-refractivity contribution in [3.8, 4) is 11.1 Å². The number of fused-ring (bicyclic) bond motifs is 4. The number of allylic oxidation sites excluding steroid dienone is 1. The van der Waals surface area contributed by atoms with Crippen molar-refractivity contribution in [1.82, 2.24) is 0 Å². The van der Waals surface area contributed by atoms with E-state index in [9.17, 15) is 0 Å². The Hall–Kier alpha value is -1.47. The Labute approximate surface area is 124 Å². The second-order valence-electron chi connectivity index (χ2n) is 6.26. The van der Waals surface area contributed by atoms with E-state index in [1.165, 1.54) is 33.6 Å². The molecular weight excluding hydrogens is 260 g/mol. The van der Waals surface area contributed by atoms with Crippen molar-refractivity contribution < 1.29 is 0 Å². The lowest BCUT2D eigenvalue weighted by molar-refractivity contribution is 0.636. The van der Waals surface area contributed by atoms with E-state index in [0.717, 1.165) is 0 Å². The first-order valence-electron chi connectivity index (χ1n) is 7.12. The molecule has 1 heteroatoms. The summed E-state index contributed by atoms with van der Waals surface area (Å²) in [5.74, 6) is 0. The summed E-state index contributed by atoms with van der Waals surface area (Å²) in [5, 5.41) is 0. The number of hydrogen-bond acceptors (Lipinski definition) is 1. The largest absolute Gasteiger partial charge is 0.113 e. The predicted molar refractivity (Wildman–Crippen MR) is 87.0 cm³/mol. The highest BCUT2D eigenvalue weighted by atomic mass is 32.2. The van der Waals surface area contributed by atoms with Gasteiger partial charge in [-0.3, -0.25) is 0 Å². The molecule has 0 amide bonds. The molecule has 0 aromatic heterocycles. The smallest absolute Gasteiger partial charge is 0.0561 e. The fourth-order valence-corrected chi connectivity index (χ4v) is 5.44. The van der Waals surface area contributed by atoms with E-state index >= 15 is 0 Å². The Balaban J connectivity index is 1.98. The van der Waals surface area contributed by atoms with Gasteiger partial charge in [0.05, 0.1) is 4.75 Å². The summed E-state index contributed by atoms with van der Waals surface area (Å²) < 4.78 is 0.198. The molecular formula is C19H18S. The zero-order chi connectivity index (χ0) is 14.0. The zero-order valence-electron chi connectivity index (χ0n) is 11.9. The van der Waals surface area contributed by atoms with Gasteiger partial charge in [0, 0.05) is 10.3 Å². The summed E-state index contributed by atoms with van der Waals surface area (Å²) in [6, 6.07) is 17.7. The molecule has 20 heavy (non-hydrogen) atoms. The minimum atomic E-state index is 0.198. The molecule has 1 heterocycles. The van der Waals surface area contributed by atoms with Crippen LogP contribution in [0.1, 0.15) is 25.8 Å². The van der Waals surface area contributed by atoms with Crippen LogP contribution in [-0.2, 0) is 4.75 Å². The van der Waals surface area contributed by atoms with Crippen LogP contribution >= 0.6 is 11.8 Å². The second-order valence-corrected chi connectivity index (χ2v) is 7.60. The quantitative estimate of drug-likeness (QED) is 0.608. The molecule has 0 saturated heterocycles. The topological polar surface area (TPSA) is 0 Å². The standard InChI is InChI=1S/C19H18S/c1-13(2)18(3)12-19(18)16-10-6-4-8-14(16)15-9-5-7-11-17(15)20-19/h4-11H,1,12H2,2-3H3. The first kappa shape index (κ1) is 12.3. The highest BCUT2D eigenvalue weighted by molar-refractivity contribution is 8.00. The van der Waals surface area contributed by atoms with Gasteiger partial charge in [-0.05, 0) is 36.1 Å². The van der Waals surface area contributed by atoms with E-state index in [1.54, 1.807) is 0 Å². The van der Waals surface area contributed by atoms with Crippen molar-refractivity contribution in [3.63, 3.8) is 0 Å². The van der Waals surface area contributed by atoms with Crippen LogP contribution in [0.3, 0.4) is 0 Å². The normalized spacial score (nSPS) is 29.7. The Bertz CT molecular complexity index is 730. The summed E-state index contributed by atoms with van der Waals surface area (Å²) >= 11 is 2.04. The van der Waals surface area contributed by atoms with E-state index in [0.29, 0.717) is 0 Å². The van der Waals surface area contributed by atoms with Crippen molar-refractivity contribution in [1.29, 1.82) is 0 Å². The number of benzene rings is 2. The van der Waals surface area contributed by atoms with Gasteiger partial charge < -0.3 is 0 Å². The maximum Gasteiger partial charge on any atom is 0.0561 e. The SMILES string of the molecule is C=C(C)C1(C)CC12Sc1ccccc1-c1ccccc12. The molecule has 100 valence electrons. The molecule has 0 nitrogen and oxygen atoms in total. The molecule has 2 unspecified atom stereocenters. The third-order valence-electron chi connectivity index (χ3n) is 5.13. The zero-order valence-corrected chi connectivity index (χ0v) is 12.8. The number of rotatable bonds is 1. The lowest BCUT2D eigenvalue weighted by Crippen LogP contribution is -2.17. The van der Waals surface area contributed by atoms with Crippen molar-refractivity contribution in [2.24, 2.45) is 5.41 Å². The summed E-state index contributed by atoms with van der Waals surface area (Å²) in [6.07, 6.45) is 1.20. The molecule has 1 spiro atoms. The van der Waals surface area contributed by atoms with Gasteiger partial charge in [0.1, 0.15) is 0 Å². The molecule has 2 atom stereocenters. The Kier molecular flexibility index (Phi) is 2.33. The number of thioether (sulfide) groups is 1. The van der Waals surface area contributed by atoms with Gasteiger partial charge in [0.15, 0.2) is 0 Å². The average molecular weight is 278 g/mol. The van der Waals surface area contributed by atoms with Crippen molar-refractivity contribution in [2.75, 3.05) is 0 Å². The van der Waals surface area contributed by atoms with Crippen molar-refractivity contribution >= 4 is 11.8 Å². The fraction of sp³-hybridized carbons (Fsp3) is 0.263. The van der Waals surface area contributed by atoms with Gasteiger partial charge in [-0.1, -0.05) is 61.5 Å². The molecule has 2 aromatic rings. The third kappa shape index (κ3) is 1.34. The molecule has 4 rings (SSSR count). The Morgan fingerprint density at radius 1 is 1.05 bits per heavy atom. The minimum Gasteiger partial charge on any atom is -0.113 e. The molecule has 1 aliphatic heterocycles. The first-order chi connectivity index (χ1) is 9.58. The Morgan fingerprint density at radius 3 is 2.40 bits per heavy atom. The summed E-state index contributed by atoms with van der Waals surface area (Å²) in [6.45, 7) is 8.80. The fourth-order valence-electron chi connectivity index (χ4n) is 3.58. The van der Waals surface area contributed by atoms with E-state index in [1.807, 2.05) is 11.8 Å². The highest BCUT2D eigenvalue weighted by Crippen LogP contribution is 2.77. The lowest BCUT2D eigenvalue weighted by Gasteiger charge is -2.31. The van der Waals surface area contributed by atoms with Gasteiger partial charge >= 0.3 is 0 Å². The predicted octanol–water partition coefficient (Wildman–Crippen LogP) is 5.64. The minimum absolute atomic E-state index is 0.198. The summed E-state index contributed by atoms with van der Waals surface area (Å²) in [5.41, 5.74) is 5.82. The van der Waals surface area contributed by atoms with Crippen LogP contribution < -0.4 is 0 Å². The third-order valence-corrected chi connectivity index (χ3v) is 6.87. The van der Waals surface area contributed by atoms with E-state index in [4.69, 9.17) is 0 Å². The molecule has 1 fully saturated rings. The van der Waals surface area contributed by atoms with Gasteiger partial charge in [-0.15, -0.1) is 11.8 Å². The van der Waals surface area contributed by atoms with Crippen LogP contribution in [0.25, 0.3) is 11.1 Å². The van der Waals surface area contributed by atoms with Gasteiger partial charge in [-0.2, -0.15) is 0 Å². The molecule has 1 aliphatic carbocycles. The van der Waals surface area contributed by atoms with Crippen LogP contribution in [-0.4, -0.2) is 0 Å². The van der Waals surface area contributed by atoms with E-state index < -0.39 is 0 Å². The van der Waals surface area contributed by atoms with E-state index in [2.05, 4.69) is 69.0 Å². The highest BCUT2D eigenvalue weighted by Gasteiger charge is 2.67. The maximum atomic E-state index is 4.25. The van der Waals surface area contributed by atoms with Crippen LogP contribution in [0.15, 0.2) is 65.6 Å². The maximum absolute atomic E-state index is 4.25. The molecule has 2 aliphatic rings. The molecule has 0 bridgehead atoms. The average Bonchev–Trinajstić information content (AvgIpc) is 3.06. The van der Waals surface area contributed by atoms with Gasteiger partial charge in [0.25, 0.3) is 0 Å². The van der Waals surface area contributed by atoms with Crippen LogP contribution in [0.2, 0.25) is 0 Å². The monoisotopic (exact) mass is 278 g/mol. The summed E-state index contributed by atoms with van der Waals surface area (Å²) in [4.78, 5) is 1.41. The van der Waals surface area contributed by atoms with Crippen LogP contribution in [0, 0.1) is 5.41 Å². The summed E-state index contributed by atoms with van der Waals surface area (Å²) in [7, 11) is 0. The van der Waals surface area contributed by atoms with Gasteiger partial charge in [0.2, 0.25) is 0 Å². The molecule has 1 saturated carbocycles. The number of hydrogen-bond donors (Lipinski definition) is 0. The van der Waals surface area contributed by atoms with Crippen molar-refractivity contribution in [3.05, 3.63) is 66.2 Å². The van der Waals surface area contributed by atoms with Gasteiger partial charge in [-0.25, -0.2) is 0 Å². The van der Waals surface area contributed by atoms with Crippen LogP contribution in [0.4, 0.5) is 0 Å². The second kappa shape index (κ2) is 3.79. The lowest BCUT2D eigenvalue weighted by atomic mass is 9.89. The first-order valence-corrected chi connectivity index (χ1v) is 7.94. The molecule has 0 N–H and O–H groups in total. The van der Waals surface area contributed by atoms with Crippen LogP contribution in [0.5, 0.6) is 0 Å². The van der Waals surface area contributed by atoms with Crippen molar-refractivity contribution in [2.45, 2.75) is 29.9 Å². The Morgan fingerprint density at radius 2 is 1.70 bits per heavy atom. The molecule has 2 aromatic carbocycles.